The van der Waals surface area contributed by atoms with E-state index in [4.69, 9.17) is 14.0 Å². The molecule has 3 amide bonds. The van der Waals surface area contributed by atoms with Gasteiger partial charge in [-0.05, 0) is 45.0 Å². The van der Waals surface area contributed by atoms with Gasteiger partial charge in [-0.15, -0.1) is 0 Å². The van der Waals surface area contributed by atoms with Gasteiger partial charge < -0.3 is 19.3 Å². The molecule has 146 valence electrons. The summed E-state index contributed by atoms with van der Waals surface area (Å²) in [6, 6.07) is 8.91. The van der Waals surface area contributed by atoms with Gasteiger partial charge >= 0.3 is 12.1 Å². The lowest BCUT2D eigenvalue weighted by Gasteiger charge is -2.19. The summed E-state index contributed by atoms with van der Waals surface area (Å²) in [5.41, 5.74) is -0.335. The van der Waals surface area contributed by atoms with Crippen molar-refractivity contribution in [2.45, 2.75) is 32.9 Å². The van der Waals surface area contributed by atoms with Crippen LogP contribution < -0.4 is 5.32 Å². The lowest BCUT2D eigenvalue weighted by atomic mass is 10.1. The number of carbonyl (C=O) groups excluding carboxylic acids is 4. The molecule has 9 nitrogen and oxygen atoms in total. The molecule has 0 saturated carbocycles. The lowest BCUT2D eigenvalue weighted by molar-refractivity contribution is -0.0604. The van der Waals surface area contributed by atoms with Crippen molar-refractivity contribution in [1.82, 2.24) is 10.4 Å². The van der Waals surface area contributed by atoms with E-state index in [1.54, 1.807) is 32.9 Å². The Kier molecular flexibility index (Phi) is 4.91. The summed E-state index contributed by atoms with van der Waals surface area (Å²) < 4.78 is 10.4. The van der Waals surface area contributed by atoms with Crippen LogP contribution in [0, 0.1) is 0 Å². The maximum atomic E-state index is 12.2. The van der Waals surface area contributed by atoms with Gasteiger partial charge in [0.25, 0.3) is 11.8 Å². The number of nitrogens with one attached hydrogen (secondary N) is 1. The SMILES string of the molecule is CC(C)(C)OC(=O)NCc1ccc(C(=O)ON2C(=O)c3ccccc3C2=O)o1. The first-order valence-electron chi connectivity index (χ1n) is 8.41. The highest BCUT2D eigenvalue weighted by Crippen LogP contribution is 2.23. The van der Waals surface area contributed by atoms with Gasteiger partial charge in [-0.3, -0.25) is 9.59 Å². The van der Waals surface area contributed by atoms with Crippen molar-refractivity contribution < 1.29 is 33.2 Å². The van der Waals surface area contributed by atoms with Crippen LogP contribution >= 0.6 is 0 Å². The molecule has 28 heavy (non-hydrogen) atoms. The first kappa shape index (κ1) is 19.2. The molecule has 1 aromatic carbocycles. The van der Waals surface area contributed by atoms with Gasteiger partial charge in [-0.1, -0.05) is 17.2 Å². The monoisotopic (exact) mass is 386 g/mol. The van der Waals surface area contributed by atoms with Crippen LogP contribution in [-0.4, -0.2) is 34.5 Å². The Hall–Kier alpha value is -3.62. The third kappa shape index (κ3) is 4.03. The van der Waals surface area contributed by atoms with Crippen LogP contribution in [0.1, 0.15) is 57.8 Å². The first-order chi connectivity index (χ1) is 13.2. The summed E-state index contributed by atoms with van der Waals surface area (Å²) >= 11 is 0. The quantitative estimate of drug-likeness (QED) is 0.803. The molecule has 0 unspecified atom stereocenters. The van der Waals surface area contributed by atoms with Crippen molar-refractivity contribution in [3.63, 3.8) is 0 Å². The third-order valence-electron chi connectivity index (χ3n) is 3.60. The van der Waals surface area contributed by atoms with Crippen molar-refractivity contribution in [1.29, 1.82) is 0 Å². The average molecular weight is 386 g/mol. The van der Waals surface area contributed by atoms with Gasteiger partial charge in [0.05, 0.1) is 17.7 Å². The largest absolute Gasteiger partial charge is 0.452 e. The Morgan fingerprint density at radius 1 is 1.04 bits per heavy atom. The predicted molar refractivity (Wildman–Crippen MR) is 94.1 cm³/mol. The van der Waals surface area contributed by atoms with E-state index >= 15 is 0 Å². The van der Waals surface area contributed by atoms with Crippen LogP contribution in [0.3, 0.4) is 0 Å². The average Bonchev–Trinajstić information content (AvgIpc) is 3.18. The van der Waals surface area contributed by atoms with E-state index in [2.05, 4.69) is 5.32 Å². The zero-order valence-electron chi connectivity index (χ0n) is 15.5. The number of hydroxylamine groups is 2. The fraction of sp³-hybridized carbons (Fsp3) is 0.263. The number of hydrogen-bond donors (Lipinski definition) is 1. The Morgan fingerprint density at radius 2 is 1.64 bits per heavy atom. The molecule has 0 bridgehead atoms. The van der Waals surface area contributed by atoms with Gasteiger partial charge in [-0.25, -0.2) is 9.59 Å². The second kappa shape index (κ2) is 7.18. The Balaban J connectivity index is 1.60. The highest BCUT2D eigenvalue weighted by Gasteiger charge is 2.39. The summed E-state index contributed by atoms with van der Waals surface area (Å²) in [5, 5.41) is 2.88. The maximum Gasteiger partial charge on any atom is 0.408 e. The summed E-state index contributed by atoms with van der Waals surface area (Å²) in [5.74, 6) is -2.43. The maximum absolute atomic E-state index is 12.2. The minimum atomic E-state index is -1.02. The molecule has 1 N–H and O–H groups in total. The highest BCUT2D eigenvalue weighted by atomic mass is 16.7. The van der Waals surface area contributed by atoms with Crippen LogP contribution in [0.4, 0.5) is 4.79 Å². The number of rotatable bonds is 4. The molecule has 2 aromatic rings. The molecular formula is C19H18N2O7. The second-order valence-electron chi connectivity index (χ2n) is 6.95. The zero-order valence-corrected chi connectivity index (χ0v) is 15.5. The lowest BCUT2D eigenvalue weighted by Crippen LogP contribution is -2.32. The molecular weight excluding hydrogens is 368 g/mol. The smallest absolute Gasteiger partial charge is 0.408 e. The van der Waals surface area contributed by atoms with Crippen LogP contribution in [-0.2, 0) is 16.1 Å². The van der Waals surface area contributed by atoms with Crippen LogP contribution in [0.5, 0.6) is 0 Å². The molecule has 0 atom stereocenters. The van der Waals surface area contributed by atoms with E-state index in [0.29, 0.717) is 5.06 Å². The Labute approximate surface area is 160 Å². The highest BCUT2D eigenvalue weighted by molar-refractivity contribution is 6.21. The summed E-state index contributed by atoms with van der Waals surface area (Å²) in [7, 11) is 0. The number of hydrogen-bond acceptors (Lipinski definition) is 7. The fourth-order valence-corrected chi connectivity index (χ4v) is 2.43. The standard InChI is InChI=1S/C19H18N2O7/c1-19(2,3)27-18(25)20-10-11-8-9-14(26-11)17(24)28-21-15(22)12-6-4-5-7-13(12)16(21)23/h4-9H,10H2,1-3H3,(H,20,25). The molecule has 1 aliphatic heterocycles. The number of imide groups is 1. The molecule has 2 heterocycles. The number of amides is 3. The van der Waals surface area contributed by atoms with Crippen molar-refractivity contribution in [3.05, 3.63) is 59.0 Å². The van der Waals surface area contributed by atoms with Gasteiger partial charge in [0, 0.05) is 0 Å². The van der Waals surface area contributed by atoms with E-state index in [-0.39, 0.29) is 29.2 Å². The number of carbonyl (C=O) groups is 4. The third-order valence-corrected chi connectivity index (χ3v) is 3.60. The molecule has 0 radical (unpaired) electrons. The number of ether oxygens (including phenoxy) is 1. The number of furan rings is 1. The van der Waals surface area contributed by atoms with E-state index < -0.39 is 29.5 Å². The van der Waals surface area contributed by atoms with E-state index in [1.165, 1.54) is 24.3 Å². The molecule has 1 aromatic heterocycles. The van der Waals surface area contributed by atoms with Crippen LogP contribution in [0.2, 0.25) is 0 Å². The number of nitrogens with zero attached hydrogens (tertiary/aromatic N) is 1. The van der Waals surface area contributed by atoms with Gasteiger partial charge in [0.15, 0.2) is 0 Å². The van der Waals surface area contributed by atoms with Crippen molar-refractivity contribution in [2.75, 3.05) is 0 Å². The molecule has 1 aliphatic rings. The minimum Gasteiger partial charge on any atom is -0.452 e. The van der Waals surface area contributed by atoms with E-state index in [1.807, 2.05) is 0 Å². The topological polar surface area (TPSA) is 115 Å². The number of benzene rings is 1. The van der Waals surface area contributed by atoms with E-state index in [0.717, 1.165) is 0 Å². The number of alkyl carbamates (subject to hydrolysis) is 1. The fourth-order valence-electron chi connectivity index (χ4n) is 2.43. The molecule has 0 aliphatic carbocycles. The van der Waals surface area contributed by atoms with Crippen molar-refractivity contribution >= 4 is 23.9 Å². The van der Waals surface area contributed by atoms with Gasteiger partial charge in [0.2, 0.25) is 5.76 Å². The van der Waals surface area contributed by atoms with Crippen LogP contribution in [0.15, 0.2) is 40.8 Å². The molecule has 0 fully saturated rings. The van der Waals surface area contributed by atoms with Crippen LogP contribution in [0.25, 0.3) is 0 Å². The predicted octanol–water partition coefficient (Wildman–Crippen LogP) is 2.67. The Bertz CT molecular complexity index is 920. The van der Waals surface area contributed by atoms with Crippen molar-refractivity contribution in [2.24, 2.45) is 0 Å². The number of fused-ring (bicyclic) bond motifs is 1. The Morgan fingerprint density at radius 3 is 2.21 bits per heavy atom. The summed E-state index contributed by atoms with van der Waals surface area (Å²) in [6.07, 6.45) is -0.640. The van der Waals surface area contributed by atoms with Crippen molar-refractivity contribution in [3.8, 4) is 0 Å². The molecule has 0 saturated heterocycles. The molecule has 3 rings (SSSR count). The van der Waals surface area contributed by atoms with Gasteiger partial charge in [-0.2, -0.15) is 0 Å². The normalized spacial score (nSPS) is 13.3. The molecule has 0 spiro atoms. The molecule has 9 heteroatoms. The van der Waals surface area contributed by atoms with E-state index in [9.17, 15) is 19.2 Å². The van der Waals surface area contributed by atoms with Gasteiger partial charge in [0.1, 0.15) is 11.4 Å². The second-order valence-corrected chi connectivity index (χ2v) is 6.95. The summed E-state index contributed by atoms with van der Waals surface area (Å²) in [6.45, 7) is 5.17. The summed E-state index contributed by atoms with van der Waals surface area (Å²) in [4.78, 5) is 53.2. The first-order valence-corrected chi connectivity index (χ1v) is 8.41. The minimum absolute atomic E-state index is 0.0186. The zero-order chi connectivity index (χ0) is 20.5.